The predicted molar refractivity (Wildman–Crippen MR) is 142 cm³/mol. The maximum atomic E-state index is 13.0. The molecule has 0 aliphatic carbocycles. The molecule has 0 atom stereocenters. The Bertz CT molecular complexity index is 1170. The average Bonchev–Trinajstić information content (AvgIpc) is 2.86. The molecule has 4 rings (SSSR count). The second-order valence-electron chi connectivity index (χ2n) is 8.97. The molecule has 180 valence electrons. The number of nitrogens with zero attached hydrogens (tertiary/aromatic N) is 2. The molecule has 0 amide bonds. The van der Waals surface area contributed by atoms with Crippen LogP contribution in [0.25, 0.3) is 10.9 Å². The number of pyridine rings is 1. The third-order valence-corrected chi connectivity index (χ3v) is 6.97. The van der Waals surface area contributed by atoms with Gasteiger partial charge >= 0.3 is 0 Å². The molecule has 0 saturated carbocycles. The topological polar surface area (TPSA) is 60.6 Å². The lowest BCUT2D eigenvalue weighted by molar-refractivity contribution is 0.0367. The number of thiocarbonyl (C=S) groups is 1. The van der Waals surface area contributed by atoms with Crippen molar-refractivity contribution in [3.63, 3.8) is 0 Å². The molecule has 1 aromatic heterocycles. The van der Waals surface area contributed by atoms with Crippen LogP contribution in [0.15, 0.2) is 53.3 Å². The molecule has 2 heterocycles. The summed E-state index contributed by atoms with van der Waals surface area (Å²) in [6, 6.07) is 16.4. The van der Waals surface area contributed by atoms with Crippen molar-refractivity contribution in [3.05, 3.63) is 81.1 Å². The number of morpholine rings is 1. The van der Waals surface area contributed by atoms with E-state index in [9.17, 15) is 4.79 Å². The Kier molecular flexibility index (Phi) is 8.32. The molecule has 0 spiro atoms. The van der Waals surface area contributed by atoms with Crippen molar-refractivity contribution >= 4 is 28.2 Å². The third-order valence-electron chi connectivity index (χ3n) is 6.57. The molecule has 1 aliphatic rings. The van der Waals surface area contributed by atoms with Crippen LogP contribution in [0.3, 0.4) is 0 Å². The molecule has 2 N–H and O–H groups in total. The molecule has 34 heavy (non-hydrogen) atoms. The highest BCUT2D eigenvalue weighted by Gasteiger charge is 2.16. The Balaban J connectivity index is 1.49. The number of rotatable bonds is 8. The summed E-state index contributed by atoms with van der Waals surface area (Å²) in [4.78, 5) is 20.6. The first-order chi connectivity index (χ1) is 16.5. The van der Waals surface area contributed by atoms with Crippen molar-refractivity contribution in [2.24, 2.45) is 0 Å². The number of aromatic amines is 1. The standard InChI is InChI=1S/C27H34N4O2S/c1-20-9-10-23-17-24(26(32)29-25(23)21(20)2)19-31(12-6-11-30-13-15-33-16-14-30)27(34)28-18-22-7-4-3-5-8-22/h3-5,7-10,17H,6,11-16,18-19H2,1-2H3,(H,28,34)(H,29,32). The van der Waals surface area contributed by atoms with Gasteiger partial charge in [0.1, 0.15) is 0 Å². The molecule has 0 bridgehead atoms. The number of benzene rings is 2. The van der Waals surface area contributed by atoms with Gasteiger partial charge in [0.05, 0.1) is 25.3 Å². The Hall–Kier alpha value is -2.74. The number of nitrogens with one attached hydrogen (secondary N) is 2. The van der Waals surface area contributed by atoms with Crippen LogP contribution in [0, 0.1) is 13.8 Å². The normalized spacial score (nSPS) is 14.3. The minimum absolute atomic E-state index is 0.0507. The van der Waals surface area contributed by atoms with E-state index in [2.05, 4.69) is 51.3 Å². The monoisotopic (exact) mass is 478 g/mol. The molecule has 1 aliphatic heterocycles. The highest BCUT2D eigenvalue weighted by atomic mass is 32.1. The largest absolute Gasteiger partial charge is 0.379 e. The number of fused-ring (bicyclic) bond motifs is 1. The zero-order valence-corrected chi connectivity index (χ0v) is 20.9. The highest BCUT2D eigenvalue weighted by Crippen LogP contribution is 2.19. The van der Waals surface area contributed by atoms with Gasteiger partial charge in [0.15, 0.2) is 5.11 Å². The Morgan fingerprint density at radius 3 is 2.68 bits per heavy atom. The summed E-state index contributed by atoms with van der Waals surface area (Å²) in [5.74, 6) is 0. The Morgan fingerprint density at radius 1 is 1.15 bits per heavy atom. The van der Waals surface area contributed by atoms with Gasteiger partial charge in [-0.2, -0.15) is 0 Å². The second-order valence-corrected chi connectivity index (χ2v) is 9.36. The van der Waals surface area contributed by atoms with E-state index in [1.54, 1.807) is 0 Å². The van der Waals surface area contributed by atoms with Crippen LogP contribution in [0.5, 0.6) is 0 Å². The zero-order valence-electron chi connectivity index (χ0n) is 20.1. The van der Waals surface area contributed by atoms with Crippen LogP contribution in [-0.2, 0) is 17.8 Å². The fraction of sp³-hybridized carbons (Fsp3) is 0.407. The minimum Gasteiger partial charge on any atom is -0.379 e. The lowest BCUT2D eigenvalue weighted by Gasteiger charge is -2.29. The Labute approximate surface area is 206 Å². The molecule has 2 aromatic carbocycles. The summed E-state index contributed by atoms with van der Waals surface area (Å²) < 4.78 is 5.46. The second kappa shape index (κ2) is 11.6. The van der Waals surface area contributed by atoms with Gasteiger partial charge in [-0.1, -0.05) is 42.5 Å². The number of hydrogen-bond donors (Lipinski definition) is 2. The average molecular weight is 479 g/mol. The van der Waals surface area contributed by atoms with Gasteiger partial charge in [0.25, 0.3) is 5.56 Å². The summed E-state index contributed by atoms with van der Waals surface area (Å²) in [7, 11) is 0. The van der Waals surface area contributed by atoms with E-state index in [0.29, 0.717) is 18.2 Å². The van der Waals surface area contributed by atoms with E-state index in [0.717, 1.165) is 67.8 Å². The smallest absolute Gasteiger partial charge is 0.253 e. The molecule has 3 aromatic rings. The number of ether oxygens (including phenoxy) is 1. The van der Waals surface area contributed by atoms with E-state index in [1.165, 1.54) is 11.1 Å². The SMILES string of the molecule is Cc1ccc2cc(CN(CCCN3CCOCC3)C(=S)NCc3ccccc3)c(=O)[nH]c2c1C. The van der Waals surface area contributed by atoms with Gasteiger partial charge in [-0.25, -0.2) is 0 Å². The van der Waals surface area contributed by atoms with Crippen molar-refractivity contribution in [1.29, 1.82) is 0 Å². The van der Waals surface area contributed by atoms with E-state index >= 15 is 0 Å². The summed E-state index contributed by atoms with van der Waals surface area (Å²) in [6.45, 7) is 10.6. The quantitative estimate of drug-likeness (QED) is 0.481. The summed E-state index contributed by atoms with van der Waals surface area (Å²) in [6.07, 6.45) is 0.969. The summed E-state index contributed by atoms with van der Waals surface area (Å²) in [5, 5.41) is 5.11. The van der Waals surface area contributed by atoms with Gasteiger partial charge in [-0.15, -0.1) is 0 Å². The van der Waals surface area contributed by atoms with Gasteiger partial charge in [0, 0.05) is 38.3 Å². The van der Waals surface area contributed by atoms with E-state index < -0.39 is 0 Å². The molecule has 0 unspecified atom stereocenters. The van der Waals surface area contributed by atoms with Crippen LogP contribution in [0.2, 0.25) is 0 Å². The van der Waals surface area contributed by atoms with Crippen LogP contribution >= 0.6 is 12.2 Å². The lowest BCUT2D eigenvalue weighted by atomic mass is 10.0. The first-order valence-corrected chi connectivity index (χ1v) is 12.4. The lowest BCUT2D eigenvalue weighted by Crippen LogP contribution is -2.42. The molecule has 1 fully saturated rings. The molecule has 1 saturated heterocycles. The van der Waals surface area contributed by atoms with Gasteiger partial charge in [-0.3, -0.25) is 9.69 Å². The van der Waals surface area contributed by atoms with Crippen LogP contribution in [-0.4, -0.2) is 59.3 Å². The molecular formula is C27H34N4O2S. The highest BCUT2D eigenvalue weighted by molar-refractivity contribution is 7.80. The molecule has 0 radical (unpaired) electrons. The van der Waals surface area contributed by atoms with Crippen LogP contribution in [0.1, 0.15) is 28.7 Å². The predicted octanol–water partition coefficient (Wildman–Crippen LogP) is 3.74. The first-order valence-electron chi connectivity index (χ1n) is 12.0. The number of hydrogen-bond acceptors (Lipinski definition) is 4. The number of aryl methyl sites for hydroxylation is 2. The molecular weight excluding hydrogens is 444 g/mol. The first kappa shape index (κ1) is 24.4. The number of aromatic nitrogens is 1. The maximum Gasteiger partial charge on any atom is 0.253 e. The fourth-order valence-corrected chi connectivity index (χ4v) is 4.57. The van der Waals surface area contributed by atoms with Gasteiger partial charge in [-0.05, 0) is 60.6 Å². The summed E-state index contributed by atoms with van der Waals surface area (Å²) in [5.41, 5.74) is 5.05. The third kappa shape index (κ3) is 6.23. The van der Waals surface area contributed by atoms with Crippen molar-refractivity contribution in [1.82, 2.24) is 20.1 Å². The van der Waals surface area contributed by atoms with Crippen molar-refractivity contribution in [2.75, 3.05) is 39.4 Å². The van der Waals surface area contributed by atoms with Crippen molar-refractivity contribution in [3.8, 4) is 0 Å². The van der Waals surface area contributed by atoms with Crippen molar-refractivity contribution in [2.45, 2.75) is 33.4 Å². The van der Waals surface area contributed by atoms with Gasteiger partial charge in [0.2, 0.25) is 0 Å². The maximum absolute atomic E-state index is 13.0. The number of H-pyrrole nitrogens is 1. The molecule has 6 nitrogen and oxygen atoms in total. The zero-order chi connectivity index (χ0) is 23.9. The van der Waals surface area contributed by atoms with Crippen LogP contribution in [0.4, 0.5) is 0 Å². The van der Waals surface area contributed by atoms with Gasteiger partial charge < -0.3 is 19.9 Å². The fourth-order valence-electron chi connectivity index (χ4n) is 4.34. The van der Waals surface area contributed by atoms with E-state index in [4.69, 9.17) is 17.0 Å². The minimum atomic E-state index is -0.0507. The van der Waals surface area contributed by atoms with Crippen molar-refractivity contribution < 1.29 is 4.74 Å². The summed E-state index contributed by atoms with van der Waals surface area (Å²) >= 11 is 5.79. The molecule has 7 heteroatoms. The van der Waals surface area contributed by atoms with E-state index in [-0.39, 0.29) is 5.56 Å². The van der Waals surface area contributed by atoms with Crippen LogP contribution < -0.4 is 10.9 Å². The Morgan fingerprint density at radius 2 is 1.91 bits per heavy atom. The van der Waals surface area contributed by atoms with E-state index in [1.807, 2.05) is 31.2 Å².